The van der Waals surface area contributed by atoms with Gasteiger partial charge in [-0.2, -0.15) is 18.3 Å². The summed E-state index contributed by atoms with van der Waals surface area (Å²) >= 11 is 0. The monoisotopic (exact) mass is 577 g/mol. The summed E-state index contributed by atoms with van der Waals surface area (Å²) in [5.74, 6) is -2.57. The number of amides is 2. The number of azide groups is 1. The molecule has 0 unspecified atom stereocenters. The summed E-state index contributed by atoms with van der Waals surface area (Å²) in [6, 6.07) is 16.8. The van der Waals surface area contributed by atoms with Gasteiger partial charge in [0.2, 0.25) is 0 Å². The molecular formula is C29H23F4N7O2. The Hall–Kier alpha value is -5.16. The molecule has 0 spiro atoms. The van der Waals surface area contributed by atoms with Crippen LogP contribution in [0, 0.1) is 5.82 Å². The zero-order chi connectivity index (χ0) is 30.0. The Balaban J connectivity index is 1.70. The van der Waals surface area contributed by atoms with Crippen molar-refractivity contribution in [3.05, 3.63) is 123 Å². The molecule has 214 valence electrons. The van der Waals surface area contributed by atoms with Gasteiger partial charge in [-0.25, -0.2) is 9.07 Å². The molecule has 2 atom stereocenters. The average molecular weight is 578 g/mol. The van der Waals surface area contributed by atoms with Gasteiger partial charge in [0.05, 0.1) is 23.5 Å². The first kappa shape index (κ1) is 28.4. The van der Waals surface area contributed by atoms with Gasteiger partial charge in [0, 0.05) is 28.5 Å². The van der Waals surface area contributed by atoms with E-state index >= 15 is 0 Å². The van der Waals surface area contributed by atoms with Crippen molar-refractivity contribution in [1.82, 2.24) is 15.1 Å². The SMILES string of the molecule is CCN1C(=O)[C@@H](NC(=O)c2cccc(C(F)(F)F)c2)[C@@H](c2ccc(F)cc2)c2c(CN=[N+]=[N-])nn(-c3ccccc3)c21. The number of carbonyl (C=O) groups excluding carboxylic acids is 2. The first-order chi connectivity index (χ1) is 20.1. The lowest BCUT2D eigenvalue weighted by atomic mass is 9.80. The molecule has 1 aliphatic heterocycles. The number of benzene rings is 3. The van der Waals surface area contributed by atoms with Crippen molar-refractivity contribution < 1.29 is 27.2 Å². The molecule has 13 heteroatoms. The fraction of sp³-hybridized carbons (Fsp3) is 0.207. The molecule has 0 bridgehead atoms. The predicted octanol–water partition coefficient (Wildman–Crippen LogP) is 6.14. The number of alkyl halides is 3. The molecule has 0 aliphatic carbocycles. The second-order valence-electron chi connectivity index (χ2n) is 9.46. The van der Waals surface area contributed by atoms with Crippen molar-refractivity contribution in [3.63, 3.8) is 0 Å². The van der Waals surface area contributed by atoms with Crippen molar-refractivity contribution in [2.24, 2.45) is 5.11 Å². The number of halogens is 4. The number of carbonyl (C=O) groups is 2. The molecule has 3 aromatic carbocycles. The lowest BCUT2D eigenvalue weighted by molar-refractivity contribution is -0.137. The van der Waals surface area contributed by atoms with Gasteiger partial charge in [-0.15, -0.1) is 0 Å². The maximum absolute atomic E-state index is 14.1. The van der Waals surface area contributed by atoms with E-state index < -0.39 is 41.3 Å². The van der Waals surface area contributed by atoms with Crippen molar-refractivity contribution >= 4 is 17.6 Å². The summed E-state index contributed by atoms with van der Waals surface area (Å²) in [5.41, 5.74) is 9.56. The Labute approximate surface area is 237 Å². The van der Waals surface area contributed by atoms with Crippen LogP contribution in [0.4, 0.5) is 23.4 Å². The molecule has 0 fully saturated rings. The highest BCUT2D eigenvalue weighted by molar-refractivity contribution is 6.05. The van der Waals surface area contributed by atoms with Gasteiger partial charge in [-0.05, 0) is 60.5 Å². The van der Waals surface area contributed by atoms with Crippen LogP contribution < -0.4 is 10.2 Å². The van der Waals surface area contributed by atoms with Crippen molar-refractivity contribution in [2.45, 2.75) is 31.6 Å². The van der Waals surface area contributed by atoms with E-state index in [9.17, 15) is 27.2 Å². The summed E-state index contributed by atoms with van der Waals surface area (Å²) in [7, 11) is 0. The number of aromatic nitrogens is 2. The van der Waals surface area contributed by atoms with Gasteiger partial charge < -0.3 is 5.32 Å². The number of likely N-dealkylation sites (N-methyl/N-ethyl adjacent to an activating group) is 1. The lowest BCUT2D eigenvalue weighted by Gasteiger charge is -2.38. The zero-order valence-electron chi connectivity index (χ0n) is 22.1. The van der Waals surface area contributed by atoms with E-state index in [1.165, 1.54) is 35.2 Å². The highest BCUT2D eigenvalue weighted by Gasteiger charge is 2.46. The number of para-hydroxylation sites is 1. The first-order valence-corrected chi connectivity index (χ1v) is 12.9. The van der Waals surface area contributed by atoms with E-state index in [0.717, 1.165) is 12.1 Å². The fourth-order valence-corrected chi connectivity index (χ4v) is 5.13. The molecule has 1 N–H and O–H groups in total. The molecule has 5 rings (SSSR count). The van der Waals surface area contributed by atoms with Crippen LogP contribution in [0.25, 0.3) is 16.1 Å². The summed E-state index contributed by atoms with van der Waals surface area (Å²) in [4.78, 5) is 31.7. The minimum absolute atomic E-state index is 0.150. The number of hydrogen-bond donors (Lipinski definition) is 1. The number of anilines is 1. The van der Waals surface area contributed by atoms with Crippen molar-refractivity contribution in [2.75, 3.05) is 11.4 Å². The number of fused-ring (bicyclic) bond motifs is 1. The van der Waals surface area contributed by atoms with Gasteiger partial charge in [-0.3, -0.25) is 14.5 Å². The highest BCUT2D eigenvalue weighted by atomic mass is 19.4. The third-order valence-electron chi connectivity index (χ3n) is 6.97. The van der Waals surface area contributed by atoms with Crippen LogP contribution in [0.2, 0.25) is 0 Å². The third-order valence-corrected chi connectivity index (χ3v) is 6.97. The van der Waals surface area contributed by atoms with Crippen LogP contribution in [0.3, 0.4) is 0 Å². The van der Waals surface area contributed by atoms with E-state index in [0.29, 0.717) is 34.4 Å². The zero-order valence-corrected chi connectivity index (χ0v) is 22.1. The molecular weight excluding hydrogens is 554 g/mol. The van der Waals surface area contributed by atoms with Crippen LogP contribution in [-0.2, 0) is 17.5 Å². The summed E-state index contributed by atoms with van der Waals surface area (Å²) < 4.78 is 55.6. The van der Waals surface area contributed by atoms with Gasteiger partial charge in [-0.1, -0.05) is 41.5 Å². The minimum Gasteiger partial charge on any atom is -0.339 e. The first-order valence-electron chi connectivity index (χ1n) is 12.9. The van der Waals surface area contributed by atoms with E-state index in [4.69, 9.17) is 5.53 Å². The molecule has 0 saturated carbocycles. The van der Waals surface area contributed by atoms with Crippen LogP contribution >= 0.6 is 0 Å². The minimum atomic E-state index is -4.68. The fourth-order valence-electron chi connectivity index (χ4n) is 5.13. The van der Waals surface area contributed by atoms with Crippen molar-refractivity contribution in [1.29, 1.82) is 0 Å². The van der Waals surface area contributed by atoms with Gasteiger partial charge >= 0.3 is 6.18 Å². The number of nitrogens with one attached hydrogen (secondary N) is 1. The third kappa shape index (κ3) is 5.29. The Kier molecular flexibility index (Phi) is 7.68. The molecule has 4 aromatic rings. The van der Waals surface area contributed by atoms with E-state index in [2.05, 4.69) is 20.4 Å². The standard InChI is InChI=1S/C29H23F4N7O2/c1-2-39-27-24(22(16-35-38-34)37-40(27)21-9-4-3-5-10-21)23(17-11-13-20(30)14-12-17)25(28(39)42)36-26(41)18-7-6-8-19(15-18)29(31,32)33/h3-15,23,25H,2,16H2,1H3,(H,36,41)/t23-,25-/m0/s1. The molecule has 1 aliphatic rings. The predicted molar refractivity (Wildman–Crippen MR) is 145 cm³/mol. The van der Waals surface area contributed by atoms with Crippen LogP contribution in [0.15, 0.2) is 84.0 Å². The normalized spacial score (nSPS) is 16.5. The van der Waals surface area contributed by atoms with E-state index in [1.54, 1.807) is 35.9 Å². The largest absolute Gasteiger partial charge is 0.416 e. The summed E-state index contributed by atoms with van der Waals surface area (Å²) in [6.07, 6.45) is -4.68. The Morgan fingerprint density at radius 2 is 1.79 bits per heavy atom. The molecule has 0 saturated heterocycles. The Morgan fingerprint density at radius 3 is 2.43 bits per heavy atom. The maximum atomic E-state index is 14.1. The van der Waals surface area contributed by atoms with Gasteiger partial charge in [0.15, 0.2) is 0 Å². The van der Waals surface area contributed by atoms with E-state index in [1.807, 2.05) is 6.07 Å². The van der Waals surface area contributed by atoms with E-state index in [-0.39, 0.29) is 18.7 Å². The number of rotatable bonds is 7. The topological polar surface area (TPSA) is 116 Å². The second-order valence-corrected chi connectivity index (χ2v) is 9.46. The van der Waals surface area contributed by atoms with Crippen molar-refractivity contribution in [3.8, 4) is 5.69 Å². The second kappa shape index (κ2) is 11.4. The molecule has 2 amide bonds. The number of nitrogens with zero attached hydrogens (tertiary/aromatic N) is 6. The number of hydrogen-bond acceptors (Lipinski definition) is 4. The quantitative estimate of drug-likeness (QED) is 0.123. The summed E-state index contributed by atoms with van der Waals surface area (Å²) in [6.45, 7) is 1.68. The smallest absolute Gasteiger partial charge is 0.339 e. The highest BCUT2D eigenvalue weighted by Crippen LogP contribution is 2.44. The van der Waals surface area contributed by atoms with Crippen LogP contribution in [-0.4, -0.2) is 34.2 Å². The molecule has 0 radical (unpaired) electrons. The Bertz CT molecular complexity index is 1680. The summed E-state index contributed by atoms with van der Waals surface area (Å²) in [5, 5.41) is 11.0. The Morgan fingerprint density at radius 1 is 1.07 bits per heavy atom. The molecule has 2 heterocycles. The maximum Gasteiger partial charge on any atom is 0.416 e. The molecule has 42 heavy (non-hydrogen) atoms. The molecule has 1 aromatic heterocycles. The average Bonchev–Trinajstić information content (AvgIpc) is 3.36. The van der Waals surface area contributed by atoms with Crippen LogP contribution in [0.1, 0.15) is 45.6 Å². The van der Waals surface area contributed by atoms with Crippen LogP contribution in [0.5, 0.6) is 0 Å². The van der Waals surface area contributed by atoms with Gasteiger partial charge in [0.25, 0.3) is 11.8 Å². The molecule has 9 nitrogen and oxygen atoms in total. The lowest BCUT2D eigenvalue weighted by Crippen LogP contribution is -2.55. The van der Waals surface area contributed by atoms with Gasteiger partial charge in [0.1, 0.15) is 17.7 Å².